The summed E-state index contributed by atoms with van der Waals surface area (Å²) in [7, 11) is 1.09. The minimum atomic E-state index is -5.80. The molecule has 1 atom stereocenters. The first kappa shape index (κ1) is 19.0. The predicted octanol–water partition coefficient (Wildman–Crippen LogP) is 3.67. The van der Waals surface area contributed by atoms with Crippen molar-refractivity contribution in [3.8, 4) is 11.5 Å². The van der Waals surface area contributed by atoms with E-state index in [1.54, 1.807) is 0 Å². The van der Waals surface area contributed by atoms with E-state index in [1.165, 1.54) is 0 Å². The zero-order chi connectivity index (χ0) is 15.0. The number of ether oxygens (including phenoxy) is 1. The van der Waals surface area contributed by atoms with Crippen LogP contribution in [-0.2, 0) is 0 Å². The van der Waals surface area contributed by atoms with Crippen molar-refractivity contribution in [3.63, 3.8) is 0 Å². The first-order valence-corrected chi connectivity index (χ1v) is 5.16. The number of aromatic hydroxyl groups is 1. The number of halogens is 7. The van der Waals surface area contributed by atoms with Crippen molar-refractivity contribution in [1.82, 2.24) is 0 Å². The summed E-state index contributed by atoms with van der Waals surface area (Å²) in [6.45, 7) is 0. The first-order chi connectivity index (χ1) is 8.52. The topological polar surface area (TPSA) is 55.5 Å². The van der Waals surface area contributed by atoms with Gasteiger partial charge in [0.1, 0.15) is 6.04 Å². The number of methoxy groups -OCH3 is 1. The predicted molar refractivity (Wildman–Crippen MR) is 64.8 cm³/mol. The van der Waals surface area contributed by atoms with E-state index in [9.17, 15) is 27.1 Å². The van der Waals surface area contributed by atoms with E-state index < -0.39 is 34.5 Å². The Morgan fingerprint density at radius 1 is 1.25 bits per heavy atom. The van der Waals surface area contributed by atoms with Crippen molar-refractivity contribution >= 4 is 24.0 Å². The van der Waals surface area contributed by atoms with Crippen LogP contribution < -0.4 is 10.5 Å². The molecule has 1 aromatic carbocycles. The van der Waals surface area contributed by atoms with E-state index in [0.717, 1.165) is 19.2 Å². The van der Waals surface area contributed by atoms with Gasteiger partial charge in [-0.25, -0.2) is 0 Å². The van der Waals surface area contributed by atoms with E-state index in [-0.39, 0.29) is 18.2 Å². The molecule has 1 rings (SSSR count). The second-order valence-corrected chi connectivity index (χ2v) is 4.06. The fourth-order valence-electron chi connectivity index (χ4n) is 1.31. The quantitative estimate of drug-likeness (QED) is 0.824. The Labute approximate surface area is 121 Å². The minimum Gasteiger partial charge on any atom is -0.503 e. The van der Waals surface area contributed by atoms with Crippen LogP contribution in [0.5, 0.6) is 11.5 Å². The van der Waals surface area contributed by atoms with Gasteiger partial charge in [0.25, 0.3) is 0 Å². The standard InChI is InChI=1S/C10H9ClF5NO2.ClH/c1-19-6-3-4(2-5(11)7(6)18)8(17)9(12,13)10(14,15)16;/h2-3,8,18H,17H2,1H3;1H/t8-;/m0./s1. The van der Waals surface area contributed by atoms with E-state index in [0.29, 0.717) is 0 Å². The van der Waals surface area contributed by atoms with Crippen molar-refractivity contribution in [2.24, 2.45) is 5.73 Å². The highest BCUT2D eigenvalue weighted by Gasteiger charge is 2.61. The molecule has 1 aromatic rings. The number of hydrogen-bond donors (Lipinski definition) is 2. The second-order valence-electron chi connectivity index (χ2n) is 3.65. The number of alkyl halides is 5. The van der Waals surface area contributed by atoms with Gasteiger partial charge in [0, 0.05) is 0 Å². The van der Waals surface area contributed by atoms with E-state index in [1.807, 2.05) is 0 Å². The van der Waals surface area contributed by atoms with Gasteiger partial charge in [-0.1, -0.05) is 11.6 Å². The van der Waals surface area contributed by atoms with Gasteiger partial charge in [-0.15, -0.1) is 12.4 Å². The van der Waals surface area contributed by atoms with Crippen LogP contribution in [0.3, 0.4) is 0 Å². The van der Waals surface area contributed by atoms with Gasteiger partial charge in [-0.05, 0) is 17.7 Å². The number of rotatable bonds is 3. The molecule has 10 heteroatoms. The van der Waals surface area contributed by atoms with Gasteiger partial charge >= 0.3 is 12.1 Å². The van der Waals surface area contributed by atoms with Crippen LogP contribution in [0.25, 0.3) is 0 Å². The van der Waals surface area contributed by atoms with Crippen molar-refractivity contribution < 1.29 is 31.8 Å². The molecular weight excluding hydrogens is 332 g/mol. The highest BCUT2D eigenvalue weighted by Crippen LogP contribution is 2.45. The third kappa shape index (κ3) is 3.36. The van der Waals surface area contributed by atoms with E-state index in [4.69, 9.17) is 17.3 Å². The van der Waals surface area contributed by atoms with Crippen LogP contribution in [0.4, 0.5) is 22.0 Å². The maximum Gasteiger partial charge on any atom is 0.455 e. The molecule has 0 bridgehead atoms. The highest BCUT2D eigenvalue weighted by atomic mass is 35.5. The third-order valence-electron chi connectivity index (χ3n) is 2.40. The Hall–Kier alpha value is -0.990. The first-order valence-electron chi connectivity index (χ1n) is 4.79. The molecule has 3 N–H and O–H groups in total. The summed E-state index contributed by atoms with van der Waals surface area (Å²) in [6, 6.07) is -1.17. The summed E-state index contributed by atoms with van der Waals surface area (Å²) < 4.78 is 67.3. The number of benzene rings is 1. The zero-order valence-corrected chi connectivity index (χ0v) is 11.4. The smallest absolute Gasteiger partial charge is 0.455 e. The van der Waals surface area contributed by atoms with Gasteiger partial charge in [-0.3, -0.25) is 0 Å². The fraction of sp³-hybridized carbons (Fsp3) is 0.400. The van der Waals surface area contributed by atoms with Gasteiger partial charge in [0.05, 0.1) is 12.1 Å². The molecule has 0 unspecified atom stereocenters. The number of nitrogens with two attached hydrogens (primary N) is 1. The molecule has 0 amide bonds. The zero-order valence-electron chi connectivity index (χ0n) is 9.84. The summed E-state index contributed by atoms with van der Waals surface area (Å²) in [4.78, 5) is 0. The second kappa shape index (κ2) is 6.19. The molecular formula is C10H10Cl2F5NO2. The lowest BCUT2D eigenvalue weighted by Crippen LogP contribution is -2.45. The molecule has 0 saturated heterocycles. The Kier molecular flexibility index (Phi) is 5.89. The molecule has 20 heavy (non-hydrogen) atoms. The van der Waals surface area contributed by atoms with Crippen LogP contribution in [0.1, 0.15) is 11.6 Å². The number of phenols is 1. The lowest BCUT2D eigenvalue weighted by molar-refractivity contribution is -0.291. The summed E-state index contributed by atoms with van der Waals surface area (Å²) in [5.41, 5.74) is 4.33. The average Bonchev–Trinajstić information content (AvgIpc) is 2.30. The molecule has 3 nitrogen and oxygen atoms in total. The maximum absolute atomic E-state index is 13.1. The Morgan fingerprint density at radius 2 is 1.75 bits per heavy atom. The SMILES string of the molecule is COc1cc([C@H](N)C(F)(F)C(F)(F)F)cc(Cl)c1O.Cl. The maximum atomic E-state index is 13.1. The van der Waals surface area contributed by atoms with Gasteiger partial charge in [0.2, 0.25) is 0 Å². The lowest BCUT2D eigenvalue weighted by atomic mass is 10.0. The molecule has 0 fully saturated rings. The van der Waals surface area contributed by atoms with Crippen molar-refractivity contribution in [1.29, 1.82) is 0 Å². The molecule has 0 aliphatic carbocycles. The van der Waals surface area contributed by atoms with Crippen LogP contribution in [-0.4, -0.2) is 24.3 Å². The van der Waals surface area contributed by atoms with Crippen molar-refractivity contribution in [2.45, 2.75) is 18.1 Å². The third-order valence-corrected chi connectivity index (χ3v) is 2.69. The summed E-state index contributed by atoms with van der Waals surface area (Å²) >= 11 is 5.49. The monoisotopic (exact) mass is 341 g/mol. The molecule has 0 aliphatic heterocycles. The average molecular weight is 342 g/mol. The van der Waals surface area contributed by atoms with Gasteiger partial charge in [0.15, 0.2) is 11.5 Å². The van der Waals surface area contributed by atoms with Gasteiger partial charge in [-0.2, -0.15) is 22.0 Å². The molecule has 0 heterocycles. The van der Waals surface area contributed by atoms with Crippen LogP contribution in [0.15, 0.2) is 12.1 Å². The van der Waals surface area contributed by atoms with Gasteiger partial charge < -0.3 is 15.6 Å². The highest BCUT2D eigenvalue weighted by molar-refractivity contribution is 6.32. The van der Waals surface area contributed by atoms with Crippen LogP contribution >= 0.6 is 24.0 Å². The molecule has 116 valence electrons. The summed E-state index contributed by atoms with van der Waals surface area (Å²) in [5, 5.41) is 8.92. The van der Waals surface area contributed by atoms with Crippen molar-refractivity contribution in [3.05, 3.63) is 22.7 Å². The fourth-order valence-corrected chi connectivity index (χ4v) is 1.53. The Morgan fingerprint density at radius 3 is 2.15 bits per heavy atom. The summed E-state index contributed by atoms with van der Waals surface area (Å²) in [6.07, 6.45) is -5.80. The molecule has 0 radical (unpaired) electrons. The van der Waals surface area contributed by atoms with E-state index in [2.05, 4.69) is 4.74 Å². The minimum absolute atomic E-state index is 0. The largest absolute Gasteiger partial charge is 0.503 e. The van der Waals surface area contributed by atoms with E-state index >= 15 is 0 Å². The molecule has 0 aliphatic rings. The lowest BCUT2D eigenvalue weighted by Gasteiger charge is -2.26. The molecule has 0 spiro atoms. The van der Waals surface area contributed by atoms with Crippen LogP contribution in [0, 0.1) is 0 Å². The molecule has 0 aromatic heterocycles. The van der Waals surface area contributed by atoms with Crippen molar-refractivity contribution in [2.75, 3.05) is 7.11 Å². The number of hydrogen-bond acceptors (Lipinski definition) is 3. The number of phenolic OH excluding ortho intramolecular Hbond substituents is 1. The Bertz CT molecular complexity index is 481. The Balaban J connectivity index is 0.00000361. The normalized spacial score (nSPS) is 13.6. The van der Waals surface area contributed by atoms with Crippen LogP contribution in [0.2, 0.25) is 5.02 Å². The molecule has 0 saturated carbocycles. The summed E-state index contributed by atoms with van der Waals surface area (Å²) in [5.74, 6) is -6.07.